The monoisotopic (exact) mass is 477 g/mol. The van der Waals surface area contributed by atoms with Crippen molar-refractivity contribution in [3.05, 3.63) is 49.7 Å². The van der Waals surface area contributed by atoms with Crippen molar-refractivity contribution in [2.24, 2.45) is 0 Å². The van der Waals surface area contributed by atoms with Crippen LogP contribution < -0.4 is 0 Å². The Morgan fingerprint density at radius 3 is 2.12 bits per heavy atom. The Kier molecular flexibility index (Phi) is 5.66. The third-order valence-corrected chi connectivity index (χ3v) is 4.23. The van der Waals surface area contributed by atoms with Gasteiger partial charge in [0.15, 0.2) is 5.69 Å². The van der Waals surface area contributed by atoms with E-state index < -0.39 is 38.1 Å². The summed E-state index contributed by atoms with van der Waals surface area (Å²) in [7, 11) is 0. The van der Waals surface area contributed by atoms with E-state index in [0.29, 0.717) is 18.2 Å². The first-order valence-electron chi connectivity index (χ1n) is 6.35. The highest BCUT2D eigenvalue weighted by Crippen LogP contribution is 2.38. The molecule has 3 nitrogen and oxygen atoms in total. The van der Waals surface area contributed by atoms with Crippen LogP contribution in [0.3, 0.4) is 0 Å². The van der Waals surface area contributed by atoms with Gasteiger partial charge in [-0.3, -0.25) is 0 Å². The molecule has 2 rings (SSSR count). The minimum Gasteiger partial charge on any atom is -0.236 e. The van der Waals surface area contributed by atoms with Gasteiger partial charge in [-0.05, 0) is 34.1 Å². The smallest absolute Gasteiger partial charge is 0.236 e. The average Bonchev–Trinajstić information content (AvgIpc) is 2.87. The van der Waals surface area contributed by atoms with Gasteiger partial charge < -0.3 is 0 Å². The number of nitriles is 1. The predicted octanol–water partition coefficient (Wildman–Crippen LogP) is 6.37. The van der Waals surface area contributed by atoms with Crippen LogP contribution in [0.25, 0.3) is 11.8 Å². The van der Waals surface area contributed by atoms with Crippen LogP contribution in [0.1, 0.15) is 16.8 Å². The lowest BCUT2D eigenvalue weighted by molar-refractivity contribution is -0.137. The zero-order valence-electron chi connectivity index (χ0n) is 12.1. The maximum Gasteiger partial charge on any atom is 0.422 e. The van der Waals surface area contributed by atoms with Gasteiger partial charge in [-0.15, -0.1) is 0 Å². The van der Waals surface area contributed by atoms with E-state index >= 15 is 0 Å². The van der Waals surface area contributed by atoms with Crippen LogP contribution >= 0.6 is 39.1 Å². The number of hydrogen-bond donors (Lipinski definition) is 0. The number of benzene rings is 1. The van der Waals surface area contributed by atoms with Gasteiger partial charge in [0.1, 0.15) is 11.8 Å². The van der Waals surface area contributed by atoms with Gasteiger partial charge in [0.05, 0.1) is 20.1 Å². The lowest BCUT2D eigenvalue weighted by Crippen LogP contribution is -2.07. The zero-order valence-corrected chi connectivity index (χ0v) is 15.2. The summed E-state index contributed by atoms with van der Waals surface area (Å²) in [5, 5.41) is 11.9. The van der Waals surface area contributed by atoms with E-state index in [4.69, 9.17) is 28.5 Å². The molecule has 1 aromatic carbocycles. The molecule has 0 atom stereocenters. The van der Waals surface area contributed by atoms with Crippen LogP contribution in [0.15, 0.2) is 22.8 Å². The summed E-state index contributed by atoms with van der Waals surface area (Å²) >= 11 is 14.0. The molecule has 0 aliphatic rings. The third-order valence-electron chi connectivity index (χ3n) is 2.97. The highest BCUT2D eigenvalue weighted by Gasteiger charge is 2.33. The first kappa shape index (κ1) is 20.6. The van der Waals surface area contributed by atoms with E-state index in [1.165, 1.54) is 0 Å². The quantitative estimate of drug-likeness (QED) is 0.471. The molecule has 0 radical (unpaired) electrons. The Morgan fingerprint density at radius 2 is 1.69 bits per heavy atom. The Morgan fingerprint density at radius 1 is 1.15 bits per heavy atom. The normalized spacial score (nSPS) is 13.0. The second-order valence-corrected chi connectivity index (χ2v) is 6.43. The molecule has 0 unspecified atom stereocenters. The Balaban J connectivity index is 2.60. The van der Waals surface area contributed by atoms with Crippen LogP contribution in [-0.2, 0) is 6.18 Å². The largest absolute Gasteiger partial charge is 0.422 e. The minimum absolute atomic E-state index is 0.208. The van der Waals surface area contributed by atoms with E-state index in [2.05, 4.69) is 21.0 Å². The van der Waals surface area contributed by atoms with Crippen LogP contribution in [0.5, 0.6) is 0 Å². The molecule has 0 saturated carbocycles. The second kappa shape index (κ2) is 7.13. The van der Waals surface area contributed by atoms with Gasteiger partial charge in [0.25, 0.3) is 0 Å². The average molecular weight is 479 g/mol. The fourth-order valence-corrected chi connectivity index (χ4v) is 2.77. The van der Waals surface area contributed by atoms with Gasteiger partial charge in [-0.25, -0.2) is 4.68 Å². The number of alkyl halides is 6. The second-order valence-electron chi connectivity index (χ2n) is 4.77. The molecule has 0 aliphatic carbocycles. The van der Waals surface area contributed by atoms with E-state index in [-0.39, 0.29) is 11.3 Å². The molecule has 0 saturated heterocycles. The van der Waals surface area contributed by atoms with E-state index in [0.717, 1.165) is 10.9 Å². The van der Waals surface area contributed by atoms with Crippen LogP contribution in [0.2, 0.25) is 10.0 Å². The van der Waals surface area contributed by atoms with Gasteiger partial charge >= 0.3 is 12.4 Å². The molecular formula is C14H4BrCl2F6N3. The summed E-state index contributed by atoms with van der Waals surface area (Å²) in [6.07, 6.45) is -7.79. The molecule has 0 spiro atoms. The maximum atomic E-state index is 12.8. The number of nitrogens with zero attached hydrogens (tertiary/aromatic N) is 3. The van der Waals surface area contributed by atoms with Crippen molar-refractivity contribution in [2.45, 2.75) is 12.4 Å². The standard InChI is InChI=1S/C14H4BrCl2F6N3/c15-11(14(21,22)23)1-6-5-26(25-10(6)4-24)12-8(16)2-7(3-9(12)17)13(18,19)20/h1-3,5H/b11-1+. The summed E-state index contributed by atoms with van der Waals surface area (Å²) in [4.78, 5) is 0. The number of allylic oxidation sites excluding steroid dienone is 1. The van der Waals surface area contributed by atoms with Crippen molar-refractivity contribution < 1.29 is 26.3 Å². The molecule has 1 heterocycles. The molecular weight excluding hydrogens is 475 g/mol. The predicted molar refractivity (Wildman–Crippen MR) is 86.3 cm³/mol. The van der Waals surface area contributed by atoms with Crippen molar-refractivity contribution in [1.82, 2.24) is 9.78 Å². The molecule has 0 bridgehead atoms. The number of aromatic nitrogens is 2. The summed E-state index contributed by atoms with van der Waals surface area (Å²) < 4.78 is 75.8. The van der Waals surface area contributed by atoms with Gasteiger partial charge in [-0.1, -0.05) is 23.2 Å². The van der Waals surface area contributed by atoms with Gasteiger partial charge in [0, 0.05) is 11.8 Å². The number of halogens is 9. The fraction of sp³-hybridized carbons (Fsp3) is 0.143. The fourth-order valence-electron chi connectivity index (χ4n) is 1.86. The van der Waals surface area contributed by atoms with Crippen molar-refractivity contribution >= 4 is 45.2 Å². The van der Waals surface area contributed by atoms with Crippen LogP contribution in [0.4, 0.5) is 26.3 Å². The Hall–Kier alpha value is -1.70. The summed E-state index contributed by atoms with van der Waals surface area (Å²) in [5.74, 6) is 0. The SMILES string of the molecule is N#Cc1nn(-c2c(Cl)cc(C(F)(F)F)cc2Cl)cc1/C=C(/Br)C(F)(F)F. The molecule has 138 valence electrons. The maximum absolute atomic E-state index is 12.8. The van der Waals surface area contributed by atoms with Crippen molar-refractivity contribution in [2.75, 3.05) is 0 Å². The number of rotatable bonds is 2. The van der Waals surface area contributed by atoms with Gasteiger partial charge in [-0.2, -0.15) is 36.7 Å². The first-order valence-corrected chi connectivity index (χ1v) is 7.90. The lowest BCUT2D eigenvalue weighted by atomic mass is 10.2. The van der Waals surface area contributed by atoms with Crippen LogP contribution in [0, 0.1) is 11.3 Å². The van der Waals surface area contributed by atoms with Crippen LogP contribution in [-0.4, -0.2) is 16.0 Å². The number of hydrogen-bond acceptors (Lipinski definition) is 2. The lowest BCUT2D eigenvalue weighted by Gasteiger charge is -2.12. The molecule has 2 aromatic rings. The topological polar surface area (TPSA) is 41.6 Å². The van der Waals surface area contributed by atoms with Crippen molar-refractivity contribution in [3.63, 3.8) is 0 Å². The Labute approximate surface area is 160 Å². The van der Waals surface area contributed by atoms with Gasteiger partial charge in [0.2, 0.25) is 0 Å². The molecule has 0 aliphatic heterocycles. The molecule has 0 fully saturated rings. The molecule has 1 aromatic heterocycles. The van der Waals surface area contributed by atoms with Crippen molar-refractivity contribution in [1.29, 1.82) is 5.26 Å². The highest BCUT2D eigenvalue weighted by molar-refractivity contribution is 9.11. The summed E-state index contributed by atoms with van der Waals surface area (Å²) in [6.45, 7) is 0. The highest BCUT2D eigenvalue weighted by atomic mass is 79.9. The van der Waals surface area contributed by atoms with Crippen molar-refractivity contribution in [3.8, 4) is 11.8 Å². The third kappa shape index (κ3) is 4.34. The van der Waals surface area contributed by atoms with E-state index in [1.54, 1.807) is 6.07 Å². The summed E-state index contributed by atoms with van der Waals surface area (Å²) in [5.41, 5.74) is -1.95. The molecule has 0 N–H and O–H groups in total. The Bertz CT molecular complexity index is 901. The van der Waals surface area contributed by atoms with E-state index in [9.17, 15) is 26.3 Å². The molecule has 0 amide bonds. The molecule has 12 heteroatoms. The molecule has 26 heavy (non-hydrogen) atoms. The first-order chi connectivity index (χ1) is 11.8. The zero-order chi connectivity index (χ0) is 19.9. The minimum atomic E-state index is -4.70. The summed E-state index contributed by atoms with van der Waals surface area (Å²) in [6, 6.07) is 2.78. The van der Waals surface area contributed by atoms with E-state index in [1.807, 2.05) is 0 Å².